The molecule has 0 bridgehead atoms. The number of hydrogen-bond donors (Lipinski definition) is 2. The van der Waals surface area contributed by atoms with Gasteiger partial charge in [-0.3, -0.25) is 9.78 Å². The van der Waals surface area contributed by atoms with Gasteiger partial charge in [-0.2, -0.15) is 0 Å². The maximum absolute atomic E-state index is 12.5. The van der Waals surface area contributed by atoms with E-state index in [9.17, 15) is 13.2 Å². The molecule has 0 saturated heterocycles. The van der Waals surface area contributed by atoms with E-state index in [-0.39, 0.29) is 22.2 Å². The number of aryl methyl sites for hydroxylation is 1. The molecule has 0 aliphatic heterocycles. The van der Waals surface area contributed by atoms with E-state index >= 15 is 0 Å². The molecule has 0 aliphatic rings. The summed E-state index contributed by atoms with van der Waals surface area (Å²) in [4.78, 5) is 17.0. The first kappa shape index (κ1) is 23.2. The highest BCUT2D eigenvalue weighted by Crippen LogP contribution is 2.34. The maximum Gasteiger partial charge on any atom is 0.303 e. The van der Waals surface area contributed by atoms with Crippen molar-refractivity contribution in [3.8, 4) is 0 Å². The van der Waals surface area contributed by atoms with Crippen molar-refractivity contribution in [2.75, 3.05) is 6.54 Å². The van der Waals surface area contributed by atoms with Gasteiger partial charge in [-0.1, -0.05) is 29.3 Å². The predicted octanol–water partition coefficient (Wildman–Crippen LogP) is 4.64. The summed E-state index contributed by atoms with van der Waals surface area (Å²) in [5, 5.41) is 8.95. The van der Waals surface area contributed by atoms with Crippen LogP contribution in [0.3, 0.4) is 0 Å². The fourth-order valence-corrected chi connectivity index (χ4v) is 7.27. The normalized spacial score (nSPS) is 11.7. The number of sulfonamides is 1. The van der Waals surface area contributed by atoms with E-state index in [1.54, 1.807) is 23.7 Å². The zero-order chi connectivity index (χ0) is 21.7. The second-order valence-corrected chi connectivity index (χ2v) is 11.7. The summed E-state index contributed by atoms with van der Waals surface area (Å²) < 4.78 is 28.0. The van der Waals surface area contributed by atoms with Crippen LogP contribution in [0.4, 0.5) is 0 Å². The fourth-order valence-electron chi connectivity index (χ4n) is 2.84. The van der Waals surface area contributed by atoms with Gasteiger partial charge in [0.1, 0.15) is 9.23 Å². The molecule has 3 heterocycles. The highest BCUT2D eigenvalue weighted by atomic mass is 35.5. The summed E-state index contributed by atoms with van der Waals surface area (Å²) >= 11 is 14.4. The molecule has 6 nitrogen and oxygen atoms in total. The minimum atomic E-state index is -3.77. The van der Waals surface area contributed by atoms with Gasteiger partial charge >= 0.3 is 5.97 Å². The summed E-state index contributed by atoms with van der Waals surface area (Å²) in [5.74, 6) is -0.849. The number of rotatable bonds is 10. The number of halogens is 2. The van der Waals surface area contributed by atoms with Crippen molar-refractivity contribution in [1.29, 1.82) is 0 Å². The lowest BCUT2D eigenvalue weighted by molar-refractivity contribution is -0.136. The van der Waals surface area contributed by atoms with E-state index in [4.69, 9.17) is 28.3 Å². The van der Waals surface area contributed by atoms with Crippen LogP contribution >= 0.6 is 45.9 Å². The molecule has 3 rings (SSSR count). The number of aliphatic carboxylic acids is 1. The molecule has 2 N–H and O–H groups in total. The third-order valence-electron chi connectivity index (χ3n) is 4.22. The summed E-state index contributed by atoms with van der Waals surface area (Å²) in [6.45, 7) is 0.182. The molecule has 160 valence electrons. The monoisotopic (exact) mass is 504 g/mol. The molecule has 0 atom stereocenters. The van der Waals surface area contributed by atoms with Crippen LogP contribution in [-0.4, -0.2) is 31.0 Å². The lowest BCUT2D eigenvalue weighted by Crippen LogP contribution is -2.26. The standard InChI is InChI=1S/C19H18Cl2N2O4S3/c20-17-10-16(19(21)29-17)30(26,27)23-7-5-13-9-14(3-4-18(24)25)28-15(13)8-12-2-1-6-22-11-12/h1-2,6,9-11,23H,3-5,7-8H2,(H,24,25). The maximum atomic E-state index is 12.5. The van der Waals surface area contributed by atoms with Crippen molar-refractivity contribution in [2.24, 2.45) is 0 Å². The van der Waals surface area contributed by atoms with Gasteiger partial charge in [0.25, 0.3) is 0 Å². The smallest absolute Gasteiger partial charge is 0.303 e. The molecule has 11 heteroatoms. The molecule has 0 spiro atoms. The minimum Gasteiger partial charge on any atom is -0.481 e. The highest BCUT2D eigenvalue weighted by Gasteiger charge is 2.21. The number of thiophene rings is 2. The van der Waals surface area contributed by atoms with Gasteiger partial charge in [0.15, 0.2) is 0 Å². The zero-order valence-corrected chi connectivity index (χ0v) is 19.6. The average Bonchev–Trinajstić information content (AvgIpc) is 3.23. The van der Waals surface area contributed by atoms with Crippen molar-refractivity contribution < 1.29 is 18.3 Å². The molecule has 0 aliphatic carbocycles. The van der Waals surface area contributed by atoms with Crippen molar-refractivity contribution in [3.05, 3.63) is 66.2 Å². The van der Waals surface area contributed by atoms with Crippen LogP contribution in [-0.2, 0) is 34.1 Å². The van der Waals surface area contributed by atoms with Crippen molar-refractivity contribution >= 4 is 61.9 Å². The third-order valence-corrected chi connectivity index (χ3v) is 8.67. The quantitative estimate of drug-likeness (QED) is 0.419. The van der Waals surface area contributed by atoms with Gasteiger partial charge in [0.05, 0.1) is 10.8 Å². The predicted molar refractivity (Wildman–Crippen MR) is 121 cm³/mol. The summed E-state index contributed by atoms with van der Waals surface area (Å²) in [5.41, 5.74) is 2.02. The Balaban J connectivity index is 1.73. The van der Waals surface area contributed by atoms with Gasteiger partial charge in [0, 0.05) is 35.1 Å². The number of carboxylic acids is 1. The Morgan fingerprint density at radius 2 is 2.00 bits per heavy atom. The van der Waals surface area contributed by atoms with E-state index in [1.165, 1.54) is 6.07 Å². The summed E-state index contributed by atoms with van der Waals surface area (Å²) in [6, 6.07) is 7.12. The number of nitrogens with one attached hydrogen (secondary N) is 1. The van der Waals surface area contributed by atoms with Crippen LogP contribution in [0.5, 0.6) is 0 Å². The Bertz CT molecular complexity index is 1130. The van der Waals surface area contributed by atoms with Gasteiger partial charge in [-0.25, -0.2) is 13.1 Å². The Labute approximate surface area is 192 Å². The minimum absolute atomic E-state index is 0.0257. The molecule has 0 unspecified atom stereocenters. The molecule has 30 heavy (non-hydrogen) atoms. The summed E-state index contributed by atoms with van der Waals surface area (Å²) in [6.07, 6.45) is 5.10. The first-order chi connectivity index (χ1) is 14.2. The van der Waals surface area contributed by atoms with Crippen molar-refractivity contribution in [2.45, 2.75) is 30.6 Å². The number of aromatic nitrogens is 1. The molecular weight excluding hydrogens is 487 g/mol. The number of carbonyl (C=O) groups is 1. The first-order valence-corrected chi connectivity index (χ1v) is 12.8. The van der Waals surface area contributed by atoms with Crippen LogP contribution in [0.2, 0.25) is 8.67 Å². The molecule has 0 amide bonds. The van der Waals surface area contributed by atoms with Crippen LogP contribution in [0, 0.1) is 0 Å². The van der Waals surface area contributed by atoms with Crippen LogP contribution in [0.25, 0.3) is 0 Å². The molecule has 3 aromatic rings. The fraction of sp³-hybridized carbons (Fsp3) is 0.263. The van der Waals surface area contributed by atoms with E-state index in [0.29, 0.717) is 23.6 Å². The molecule has 0 radical (unpaired) electrons. The second kappa shape index (κ2) is 10.2. The largest absolute Gasteiger partial charge is 0.481 e. The Kier molecular flexibility index (Phi) is 7.89. The molecule has 0 saturated carbocycles. The van der Waals surface area contributed by atoms with Crippen molar-refractivity contribution in [3.63, 3.8) is 0 Å². The second-order valence-electron chi connectivity index (χ2n) is 6.43. The number of hydrogen-bond acceptors (Lipinski definition) is 6. The van der Waals surface area contributed by atoms with E-state index < -0.39 is 16.0 Å². The molecule has 3 aromatic heterocycles. The topological polar surface area (TPSA) is 96.4 Å². The lowest BCUT2D eigenvalue weighted by atomic mass is 10.1. The Hall–Kier alpha value is -1.49. The number of pyridine rings is 1. The Morgan fingerprint density at radius 1 is 1.20 bits per heavy atom. The number of nitrogens with zero attached hydrogens (tertiary/aromatic N) is 1. The van der Waals surface area contributed by atoms with E-state index in [0.717, 1.165) is 32.2 Å². The van der Waals surface area contributed by atoms with Gasteiger partial charge in [0.2, 0.25) is 10.0 Å². The Morgan fingerprint density at radius 3 is 2.63 bits per heavy atom. The first-order valence-electron chi connectivity index (χ1n) is 8.90. The highest BCUT2D eigenvalue weighted by molar-refractivity contribution is 7.89. The van der Waals surface area contributed by atoms with Gasteiger partial charge in [-0.05, 0) is 42.2 Å². The van der Waals surface area contributed by atoms with E-state index in [2.05, 4.69) is 9.71 Å². The SMILES string of the molecule is O=C(O)CCc1cc(CCNS(=O)(=O)c2cc(Cl)sc2Cl)c(Cc2cccnc2)s1. The van der Waals surface area contributed by atoms with E-state index in [1.807, 2.05) is 18.2 Å². The van der Waals surface area contributed by atoms with Crippen LogP contribution in [0.15, 0.2) is 41.6 Å². The average molecular weight is 505 g/mol. The van der Waals surface area contributed by atoms with Crippen molar-refractivity contribution in [1.82, 2.24) is 9.71 Å². The molecular formula is C19H18Cl2N2O4S3. The molecule has 0 aromatic carbocycles. The lowest BCUT2D eigenvalue weighted by Gasteiger charge is -2.07. The molecule has 0 fully saturated rings. The van der Waals surface area contributed by atoms with Crippen LogP contribution < -0.4 is 4.72 Å². The third kappa shape index (κ3) is 6.26. The summed E-state index contributed by atoms with van der Waals surface area (Å²) in [7, 11) is -3.77. The number of carboxylic acid groups (broad SMARTS) is 1. The zero-order valence-electron chi connectivity index (χ0n) is 15.6. The van der Waals surface area contributed by atoms with Crippen LogP contribution in [0.1, 0.15) is 27.3 Å². The van der Waals surface area contributed by atoms with Gasteiger partial charge in [-0.15, -0.1) is 22.7 Å². The van der Waals surface area contributed by atoms with Gasteiger partial charge < -0.3 is 5.11 Å².